The number of ether oxygens (including phenoxy) is 3. The monoisotopic (exact) mass is 320 g/mol. The van der Waals surface area contributed by atoms with Crippen LogP contribution in [0.4, 0.5) is 0 Å². The molecular weight excluding hydrogens is 296 g/mol. The molecule has 1 amide bonds. The topological polar surface area (TPSA) is 60.9 Å². The van der Waals surface area contributed by atoms with Crippen LogP contribution in [0, 0.1) is 0 Å². The summed E-state index contributed by atoms with van der Waals surface area (Å²) >= 11 is 0. The van der Waals surface area contributed by atoms with Crippen molar-refractivity contribution in [3.05, 3.63) is 18.0 Å². The third-order valence-electron chi connectivity index (χ3n) is 4.88. The van der Waals surface area contributed by atoms with Crippen molar-refractivity contribution in [3.8, 4) is 11.5 Å². The molecule has 1 atom stereocenters. The lowest BCUT2D eigenvalue weighted by atomic mass is 9.92. The Balaban J connectivity index is 1.76. The second-order valence-corrected chi connectivity index (χ2v) is 6.19. The SMILES string of the molecule is COc1ccnc(CN2CCC3(CCCO3)CCC2=O)c1OC. The molecule has 0 N–H and O–H groups in total. The summed E-state index contributed by atoms with van der Waals surface area (Å²) in [7, 11) is 3.19. The summed E-state index contributed by atoms with van der Waals surface area (Å²) < 4.78 is 16.7. The van der Waals surface area contributed by atoms with E-state index in [2.05, 4.69) is 4.98 Å². The van der Waals surface area contributed by atoms with E-state index in [0.29, 0.717) is 31.0 Å². The van der Waals surface area contributed by atoms with Gasteiger partial charge in [0.15, 0.2) is 11.5 Å². The highest BCUT2D eigenvalue weighted by Gasteiger charge is 2.38. The molecule has 0 bridgehead atoms. The van der Waals surface area contributed by atoms with Crippen LogP contribution < -0.4 is 9.47 Å². The summed E-state index contributed by atoms with van der Waals surface area (Å²) in [4.78, 5) is 18.7. The Labute approximate surface area is 136 Å². The molecule has 2 fully saturated rings. The minimum absolute atomic E-state index is 0.0870. The number of pyridine rings is 1. The summed E-state index contributed by atoms with van der Waals surface area (Å²) in [5.41, 5.74) is 0.638. The molecule has 0 saturated carbocycles. The Morgan fingerprint density at radius 3 is 2.87 bits per heavy atom. The lowest BCUT2D eigenvalue weighted by molar-refractivity contribution is -0.131. The molecule has 23 heavy (non-hydrogen) atoms. The molecular formula is C17H24N2O4. The van der Waals surface area contributed by atoms with Crippen molar-refractivity contribution in [3.63, 3.8) is 0 Å². The normalized spacial score (nSPS) is 24.8. The molecule has 1 unspecified atom stereocenters. The number of nitrogens with zero attached hydrogens (tertiary/aromatic N) is 2. The summed E-state index contributed by atoms with van der Waals surface area (Å²) in [6.45, 7) is 1.95. The van der Waals surface area contributed by atoms with Gasteiger partial charge in [0, 0.05) is 31.8 Å². The van der Waals surface area contributed by atoms with E-state index < -0.39 is 0 Å². The van der Waals surface area contributed by atoms with Crippen LogP contribution in [0.15, 0.2) is 12.3 Å². The van der Waals surface area contributed by atoms with Gasteiger partial charge in [0.25, 0.3) is 0 Å². The molecule has 0 radical (unpaired) electrons. The average molecular weight is 320 g/mol. The second kappa shape index (κ2) is 6.74. The molecule has 6 heteroatoms. The largest absolute Gasteiger partial charge is 0.493 e. The molecule has 2 aliphatic heterocycles. The van der Waals surface area contributed by atoms with Crippen LogP contribution in [0.1, 0.15) is 37.8 Å². The van der Waals surface area contributed by atoms with Crippen LogP contribution in [0.2, 0.25) is 0 Å². The van der Waals surface area contributed by atoms with E-state index in [-0.39, 0.29) is 11.5 Å². The number of methoxy groups -OCH3 is 2. The van der Waals surface area contributed by atoms with Gasteiger partial charge in [0.1, 0.15) is 5.69 Å². The first-order chi connectivity index (χ1) is 11.2. The molecule has 1 spiro atoms. The van der Waals surface area contributed by atoms with Crippen molar-refractivity contribution in [2.45, 2.75) is 44.2 Å². The molecule has 3 heterocycles. The summed E-state index contributed by atoms with van der Waals surface area (Å²) in [6.07, 6.45) is 6.09. The van der Waals surface area contributed by atoms with Crippen LogP contribution in [0.5, 0.6) is 11.5 Å². The van der Waals surface area contributed by atoms with Crippen LogP contribution in [-0.4, -0.2) is 48.8 Å². The molecule has 126 valence electrons. The Bertz CT molecular complexity index is 570. The fraction of sp³-hybridized carbons (Fsp3) is 0.647. The van der Waals surface area contributed by atoms with E-state index in [4.69, 9.17) is 14.2 Å². The Kier molecular flexibility index (Phi) is 4.71. The van der Waals surface area contributed by atoms with E-state index in [1.165, 1.54) is 0 Å². The maximum Gasteiger partial charge on any atom is 0.223 e. The molecule has 6 nitrogen and oxygen atoms in total. The number of amides is 1. The van der Waals surface area contributed by atoms with Gasteiger partial charge in [-0.3, -0.25) is 9.78 Å². The lowest BCUT2D eigenvalue weighted by Gasteiger charge is -2.26. The van der Waals surface area contributed by atoms with Crippen LogP contribution in [-0.2, 0) is 16.1 Å². The van der Waals surface area contributed by atoms with Crippen molar-refractivity contribution >= 4 is 5.91 Å². The van der Waals surface area contributed by atoms with Gasteiger partial charge in [0.2, 0.25) is 5.91 Å². The van der Waals surface area contributed by atoms with Gasteiger partial charge in [-0.1, -0.05) is 0 Å². The van der Waals surface area contributed by atoms with E-state index in [1.54, 1.807) is 26.5 Å². The first-order valence-electron chi connectivity index (χ1n) is 8.15. The van der Waals surface area contributed by atoms with Gasteiger partial charge < -0.3 is 19.1 Å². The number of aromatic nitrogens is 1. The number of hydrogen-bond donors (Lipinski definition) is 0. The van der Waals surface area contributed by atoms with Gasteiger partial charge in [-0.15, -0.1) is 0 Å². The highest BCUT2D eigenvalue weighted by Crippen LogP contribution is 2.37. The van der Waals surface area contributed by atoms with Crippen molar-refractivity contribution in [2.24, 2.45) is 0 Å². The number of hydrogen-bond acceptors (Lipinski definition) is 5. The van der Waals surface area contributed by atoms with E-state index >= 15 is 0 Å². The smallest absolute Gasteiger partial charge is 0.223 e. The first kappa shape index (κ1) is 16.1. The highest BCUT2D eigenvalue weighted by atomic mass is 16.5. The van der Waals surface area contributed by atoms with Gasteiger partial charge in [-0.2, -0.15) is 0 Å². The van der Waals surface area contributed by atoms with E-state index in [0.717, 1.165) is 38.0 Å². The molecule has 0 aromatic carbocycles. The maximum absolute atomic E-state index is 12.5. The second-order valence-electron chi connectivity index (χ2n) is 6.19. The number of carbonyl (C=O) groups is 1. The summed E-state index contributed by atoms with van der Waals surface area (Å²) in [5.74, 6) is 1.39. The number of rotatable bonds is 4. The van der Waals surface area contributed by atoms with Crippen LogP contribution in [0.3, 0.4) is 0 Å². The lowest BCUT2D eigenvalue weighted by Crippen LogP contribution is -2.32. The zero-order chi connectivity index (χ0) is 16.3. The van der Waals surface area contributed by atoms with Gasteiger partial charge in [0.05, 0.1) is 26.4 Å². The molecule has 2 saturated heterocycles. The average Bonchev–Trinajstić information content (AvgIpc) is 2.99. The Morgan fingerprint density at radius 1 is 1.30 bits per heavy atom. The molecule has 3 rings (SSSR count). The van der Waals surface area contributed by atoms with Crippen molar-refractivity contribution in [2.75, 3.05) is 27.4 Å². The molecule has 2 aliphatic rings. The third kappa shape index (κ3) is 3.27. The Morgan fingerprint density at radius 2 is 2.17 bits per heavy atom. The fourth-order valence-electron chi connectivity index (χ4n) is 3.54. The Hall–Kier alpha value is -1.82. The molecule has 1 aromatic heterocycles. The third-order valence-corrected chi connectivity index (χ3v) is 4.88. The first-order valence-corrected chi connectivity index (χ1v) is 8.15. The zero-order valence-corrected chi connectivity index (χ0v) is 13.8. The summed E-state index contributed by atoms with van der Waals surface area (Å²) in [5, 5.41) is 0. The summed E-state index contributed by atoms with van der Waals surface area (Å²) in [6, 6.07) is 1.76. The minimum Gasteiger partial charge on any atom is -0.493 e. The van der Waals surface area contributed by atoms with Gasteiger partial charge >= 0.3 is 0 Å². The van der Waals surface area contributed by atoms with Gasteiger partial charge in [-0.25, -0.2) is 0 Å². The predicted molar refractivity (Wildman–Crippen MR) is 84.5 cm³/mol. The van der Waals surface area contributed by atoms with E-state index in [1.807, 2.05) is 4.90 Å². The predicted octanol–water partition coefficient (Wildman–Crippen LogP) is 2.16. The quantitative estimate of drug-likeness (QED) is 0.851. The van der Waals surface area contributed by atoms with Crippen molar-refractivity contribution in [1.29, 1.82) is 0 Å². The maximum atomic E-state index is 12.5. The number of likely N-dealkylation sites (tertiary alicyclic amines) is 1. The van der Waals surface area contributed by atoms with Crippen molar-refractivity contribution < 1.29 is 19.0 Å². The fourth-order valence-corrected chi connectivity index (χ4v) is 3.54. The number of carbonyl (C=O) groups excluding carboxylic acids is 1. The van der Waals surface area contributed by atoms with Crippen molar-refractivity contribution in [1.82, 2.24) is 9.88 Å². The van der Waals surface area contributed by atoms with Gasteiger partial charge in [-0.05, 0) is 25.7 Å². The molecule has 1 aromatic rings. The van der Waals surface area contributed by atoms with E-state index in [9.17, 15) is 4.79 Å². The standard InChI is InChI=1S/C17H24N2O4/c1-21-14-5-9-18-13(16(14)22-2)12-19-10-8-17(6-3-11-23-17)7-4-15(19)20/h5,9H,3-4,6-8,10-12H2,1-2H3. The zero-order valence-electron chi connectivity index (χ0n) is 13.8. The highest BCUT2D eigenvalue weighted by molar-refractivity contribution is 5.76. The van der Waals surface area contributed by atoms with Crippen LogP contribution in [0.25, 0.3) is 0 Å². The minimum atomic E-state index is -0.0870. The van der Waals surface area contributed by atoms with Crippen LogP contribution >= 0.6 is 0 Å². The molecule has 0 aliphatic carbocycles.